The van der Waals surface area contributed by atoms with Gasteiger partial charge in [0.15, 0.2) is 0 Å². The lowest BCUT2D eigenvalue weighted by Crippen LogP contribution is -2.43. The van der Waals surface area contributed by atoms with E-state index in [9.17, 15) is 14.7 Å². The van der Waals surface area contributed by atoms with Crippen LogP contribution in [0.5, 0.6) is 0 Å². The van der Waals surface area contributed by atoms with Gasteiger partial charge in [-0.1, -0.05) is 54.6 Å². The van der Waals surface area contributed by atoms with Gasteiger partial charge < -0.3 is 19.5 Å². The largest absolute Gasteiger partial charge is 0.480 e. The van der Waals surface area contributed by atoms with Gasteiger partial charge in [0, 0.05) is 30.8 Å². The zero-order chi connectivity index (χ0) is 27.0. The average molecular weight is 592 g/mol. The first-order chi connectivity index (χ1) is 18.9. The molecule has 1 saturated heterocycles. The number of aromatic nitrogens is 1. The number of rotatable bonds is 6. The predicted molar refractivity (Wildman–Crippen MR) is 149 cm³/mol. The molecular formula is C31H31BrN2O5. The van der Waals surface area contributed by atoms with Gasteiger partial charge in [-0.05, 0) is 81.8 Å². The van der Waals surface area contributed by atoms with E-state index < -0.39 is 11.6 Å². The molecule has 202 valence electrons. The molecule has 6 rings (SSSR count). The van der Waals surface area contributed by atoms with Crippen molar-refractivity contribution in [3.8, 4) is 11.1 Å². The third kappa shape index (κ3) is 4.96. The Hall–Kier alpha value is -3.23. The Kier molecular flexibility index (Phi) is 6.93. The molecule has 39 heavy (non-hydrogen) atoms. The third-order valence-corrected chi connectivity index (χ3v) is 9.33. The van der Waals surface area contributed by atoms with Crippen LogP contribution < -0.4 is 0 Å². The number of fused-ring (bicyclic) bond motifs is 3. The van der Waals surface area contributed by atoms with Gasteiger partial charge >= 0.3 is 12.1 Å². The van der Waals surface area contributed by atoms with Gasteiger partial charge in [0.2, 0.25) is 0 Å². The lowest BCUT2D eigenvalue weighted by molar-refractivity contribution is -0.151. The van der Waals surface area contributed by atoms with Crippen molar-refractivity contribution in [1.82, 2.24) is 9.88 Å². The van der Waals surface area contributed by atoms with Gasteiger partial charge in [-0.15, -0.1) is 0 Å². The minimum absolute atomic E-state index is 0.00824. The van der Waals surface area contributed by atoms with Crippen LogP contribution in [-0.2, 0) is 19.9 Å². The summed E-state index contributed by atoms with van der Waals surface area (Å²) in [6.07, 6.45) is 5.54. The lowest BCUT2D eigenvalue weighted by atomic mass is 9.75. The van der Waals surface area contributed by atoms with Crippen LogP contribution in [0.25, 0.3) is 11.1 Å². The molecule has 3 aromatic rings. The number of hydrogen-bond donors (Lipinski definition) is 1. The topological polar surface area (TPSA) is 89.0 Å². The second-order valence-electron chi connectivity index (χ2n) is 11.0. The maximum atomic E-state index is 13.1. The fraction of sp³-hybridized carbons (Fsp3) is 0.387. The molecule has 2 aromatic carbocycles. The highest BCUT2D eigenvalue weighted by Crippen LogP contribution is 2.56. The predicted octanol–water partition coefficient (Wildman–Crippen LogP) is 6.36. The van der Waals surface area contributed by atoms with Crippen LogP contribution in [0.3, 0.4) is 0 Å². The monoisotopic (exact) mass is 590 g/mol. The number of hydrogen-bond acceptors (Lipinski definition) is 5. The molecule has 8 heteroatoms. The molecule has 1 atom stereocenters. The highest BCUT2D eigenvalue weighted by Gasteiger charge is 2.51. The van der Waals surface area contributed by atoms with Crippen molar-refractivity contribution in [1.29, 1.82) is 0 Å². The van der Waals surface area contributed by atoms with E-state index >= 15 is 0 Å². The Bertz CT molecular complexity index is 1340. The molecule has 1 spiro atoms. The summed E-state index contributed by atoms with van der Waals surface area (Å²) in [6, 6.07) is 20.5. The summed E-state index contributed by atoms with van der Waals surface area (Å²) in [6.45, 7) is 1.20. The molecule has 2 aliphatic carbocycles. The molecule has 1 saturated carbocycles. The van der Waals surface area contributed by atoms with Crippen molar-refractivity contribution in [2.24, 2.45) is 5.41 Å². The number of nitrogens with zero attached hydrogens (tertiary/aromatic N) is 2. The average Bonchev–Trinajstić information content (AvgIpc) is 3.48. The van der Waals surface area contributed by atoms with E-state index in [1.165, 1.54) is 22.3 Å². The molecular weight excluding hydrogens is 560 g/mol. The quantitative estimate of drug-likeness (QED) is 0.336. The Morgan fingerprint density at radius 2 is 1.62 bits per heavy atom. The van der Waals surface area contributed by atoms with Crippen molar-refractivity contribution in [3.05, 3.63) is 88.2 Å². The maximum Gasteiger partial charge on any atom is 0.409 e. The summed E-state index contributed by atoms with van der Waals surface area (Å²) in [5, 5.41) is 9.31. The first kappa shape index (κ1) is 26.0. The molecule has 1 aromatic heterocycles. The number of ether oxygens (including phenoxy) is 2. The Labute approximate surface area is 236 Å². The summed E-state index contributed by atoms with van der Waals surface area (Å²) in [5.41, 5.74) is 5.05. The first-order valence-electron chi connectivity index (χ1n) is 13.5. The summed E-state index contributed by atoms with van der Waals surface area (Å²) in [5.74, 6) is -0.940. The van der Waals surface area contributed by atoms with E-state index in [2.05, 4.69) is 45.2 Å². The number of halogens is 1. The molecule has 1 aliphatic heterocycles. The number of aliphatic carboxylic acids is 1. The zero-order valence-electron chi connectivity index (χ0n) is 21.6. The minimum Gasteiger partial charge on any atom is -0.480 e. The Balaban J connectivity index is 1.10. The van der Waals surface area contributed by atoms with Crippen molar-refractivity contribution < 1.29 is 24.2 Å². The first-order valence-corrected chi connectivity index (χ1v) is 14.3. The van der Waals surface area contributed by atoms with E-state index in [1.807, 2.05) is 41.3 Å². The summed E-state index contributed by atoms with van der Waals surface area (Å²) < 4.78 is 12.7. The Morgan fingerprint density at radius 1 is 0.949 bits per heavy atom. The van der Waals surface area contributed by atoms with Crippen molar-refractivity contribution in [2.45, 2.75) is 43.6 Å². The number of carbonyl (C=O) groups is 2. The van der Waals surface area contributed by atoms with Crippen LogP contribution in [0.1, 0.15) is 54.7 Å². The molecule has 2 fully saturated rings. The minimum atomic E-state index is -0.981. The standard InChI is InChI=1S/C31H31BrN2O5/c32-27-10-9-21(17-33-27)31(39-19-28(35)36)12-11-30(20-31)13-15-34(16-14-30)29(37)38-18-26-24-7-3-1-5-22(24)23-6-2-4-8-25(23)26/h1-10,17,26H,11-16,18-20H2,(H,35,36). The number of likely N-dealkylation sites (tertiary alicyclic amines) is 1. The van der Waals surface area contributed by atoms with Crippen LogP contribution >= 0.6 is 15.9 Å². The fourth-order valence-corrected chi connectivity index (χ4v) is 7.06. The van der Waals surface area contributed by atoms with Crippen molar-refractivity contribution in [2.75, 3.05) is 26.3 Å². The zero-order valence-corrected chi connectivity index (χ0v) is 23.2. The van der Waals surface area contributed by atoms with Gasteiger partial charge in [0.1, 0.15) is 17.8 Å². The Morgan fingerprint density at radius 3 is 2.23 bits per heavy atom. The van der Waals surface area contributed by atoms with Crippen LogP contribution in [0, 0.1) is 5.41 Å². The molecule has 2 heterocycles. The number of benzene rings is 2. The number of carboxylic acids is 1. The van der Waals surface area contributed by atoms with E-state index in [1.54, 1.807) is 6.20 Å². The van der Waals surface area contributed by atoms with Gasteiger partial charge in [-0.2, -0.15) is 0 Å². The number of amides is 1. The lowest BCUT2D eigenvalue weighted by Gasteiger charge is -2.40. The molecule has 0 bridgehead atoms. The van der Waals surface area contributed by atoms with E-state index in [0.29, 0.717) is 19.7 Å². The van der Waals surface area contributed by atoms with E-state index in [-0.39, 0.29) is 24.0 Å². The number of carbonyl (C=O) groups excluding carboxylic acids is 1. The van der Waals surface area contributed by atoms with Crippen LogP contribution in [-0.4, -0.2) is 53.4 Å². The fourth-order valence-electron chi connectivity index (χ4n) is 6.82. The number of piperidine rings is 1. The second kappa shape index (κ2) is 10.4. The van der Waals surface area contributed by atoms with E-state index in [0.717, 1.165) is 42.3 Å². The number of carboxylic acid groups (broad SMARTS) is 1. The molecule has 1 unspecified atom stereocenters. The SMILES string of the molecule is O=C(O)COC1(c2ccc(Br)nc2)CCC2(CCN(C(=O)OCC3c4ccccc4-c4ccccc43)CC2)C1. The molecule has 1 N–H and O–H groups in total. The third-order valence-electron chi connectivity index (χ3n) is 8.86. The summed E-state index contributed by atoms with van der Waals surface area (Å²) >= 11 is 3.38. The normalized spacial score (nSPS) is 21.5. The molecule has 7 nitrogen and oxygen atoms in total. The van der Waals surface area contributed by atoms with E-state index in [4.69, 9.17) is 9.47 Å². The van der Waals surface area contributed by atoms with Crippen LogP contribution in [0.2, 0.25) is 0 Å². The van der Waals surface area contributed by atoms with Crippen molar-refractivity contribution >= 4 is 28.0 Å². The summed E-state index contributed by atoms with van der Waals surface area (Å²) in [4.78, 5) is 30.7. The number of pyridine rings is 1. The summed E-state index contributed by atoms with van der Waals surface area (Å²) in [7, 11) is 0. The van der Waals surface area contributed by atoms with Crippen molar-refractivity contribution in [3.63, 3.8) is 0 Å². The maximum absolute atomic E-state index is 13.1. The van der Waals surface area contributed by atoms with Gasteiger partial charge in [-0.25, -0.2) is 14.6 Å². The van der Waals surface area contributed by atoms with Crippen LogP contribution in [0.15, 0.2) is 71.5 Å². The second-order valence-corrected chi connectivity index (χ2v) is 11.8. The van der Waals surface area contributed by atoms with Gasteiger partial charge in [-0.3, -0.25) is 0 Å². The molecule has 0 radical (unpaired) electrons. The van der Waals surface area contributed by atoms with Gasteiger partial charge in [0.05, 0.1) is 5.60 Å². The highest BCUT2D eigenvalue weighted by molar-refractivity contribution is 9.10. The molecule has 3 aliphatic rings. The smallest absolute Gasteiger partial charge is 0.409 e. The molecule has 1 amide bonds. The highest BCUT2D eigenvalue weighted by atomic mass is 79.9. The van der Waals surface area contributed by atoms with Crippen LogP contribution in [0.4, 0.5) is 4.79 Å². The van der Waals surface area contributed by atoms with Gasteiger partial charge in [0.25, 0.3) is 0 Å².